The topological polar surface area (TPSA) is 25.8 Å². The van der Waals surface area contributed by atoms with Gasteiger partial charge in [-0.3, -0.25) is 0 Å². The van der Waals surface area contributed by atoms with Crippen molar-refractivity contribution in [1.82, 2.24) is 9.97 Å². The number of rotatable bonds is 1. The van der Waals surface area contributed by atoms with Gasteiger partial charge < -0.3 is 0 Å². The molecule has 0 radical (unpaired) electrons. The van der Waals surface area contributed by atoms with Gasteiger partial charge in [0.1, 0.15) is 0 Å². The lowest BCUT2D eigenvalue weighted by Crippen LogP contribution is -1.90. The highest BCUT2D eigenvalue weighted by Crippen LogP contribution is 2.22. The largest absolute Gasteiger partial charge is 0.227 e. The SMILES string of the molecule is Cc1cc(-c2cccc(Cl)c2)nc(Br)n1. The minimum atomic E-state index is 0.595. The molecule has 0 atom stereocenters. The van der Waals surface area contributed by atoms with Crippen LogP contribution in [0, 0.1) is 6.92 Å². The second-order valence-corrected chi connectivity index (χ2v) is 4.32. The van der Waals surface area contributed by atoms with E-state index < -0.39 is 0 Å². The molecule has 2 aromatic rings. The molecule has 0 amide bonds. The van der Waals surface area contributed by atoms with Crippen molar-refractivity contribution >= 4 is 27.5 Å². The minimum absolute atomic E-state index is 0.595. The van der Waals surface area contributed by atoms with Gasteiger partial charge in [0.2, 0.25) is 0 Å². The van der Waals surface area contributed by atoms with E-state index in [-0.39, 0.29) is 0 Å². The first-order chi connectivity index (χ1) is 7.15. The fraction of sp³-hybridized carbons (Fsp3) is 0.0909. The third kappa shape index (κ3) is 2.55. The van der Waals surface area contributed by atoms with Crippen LogP contribution in [0.3, 0.4) is 0 Å². The molecule has 0 aliphatic carbocycles. The van der Waals surface area contributed by atoms with Gasteiger partial charge in [0.15, 0.2) is 4.73 Å². The Morgan fingerprint density at radius 3 is 2.67 bits per heavy atom. The molecule has 0 saturated heterocycles. The van der Waals surface area contributed by atoms with Crippen LogP contribution >= 0.6 is 27.5 Å². The maximum absolute atomic E-state index is 5.92. The first kappa shape index (κ1) is 10.6. The molecule has 0 spiro atoms. The molecule has 0 saturated carbocycles. The molecular formula is C11H8BrClN2. The molecule has 0 N–H and O–H groups in total. The van der Waals surface area contributed by atoms with E-state index in [2.05, 4.69) is 25.9 Å². The van der Waals surface area contributed by atoms with Crippen LogP contribution in [0.15, 0.2) is 35.1 Å². The Morgan fingerprint density at radius 2 is 2.00 bits per heavy atom. The summed E-state index contributed by atoms with van der Waals surface area (Å²) in [6.45, 7) is 1.93. The molecular weight excluding hydrogens is 275 g/mol. The number of hydrogen-bond donors (Lipinski definition) is 0. The maximum atomic E-state index is 5.92. The van der Waals surface area contributed by atoms with Gasteiger partial charge in [0.25, 0.3) is 0 Å². The first-order valence-electron chi connectivity index (χ1n) is 4.42. The zero-order valence-corrected chi connectivity index (χ0v) is 10.4. The summed E-state index contributed by atoms with van der Waals surface area (Å²) < 4.78 is 0.595. The van der Waals surface area contributed by atoms with E-state index in [4.69, 9.17) is 11.6 Å². The van der Waals surface area contributed by atoms with Crippen molar-refractivity contribution in [3.05, 3.63) is 45.8 Å². The lowest BCUT2D eigenvalue weighted by atomic mass is 10.1. The summed E-state index contributed by atoms with van der Waals surface area (Å²) >= 11 is 9.19. The van der Waals surface area contributed by atoms with Crippen LogP contribution in [-0.2, 0) is 0 Å². The smallest absolute Gasteiger partial charge is 0.197 e. The number of nitrogens with zero attached hydrogens (tertiary/aromatic N) is 2. The van der Waals surface area contributed by atoms with Crippen LogP contribution in [0.1, 0.15) is 5.69 Å². The molecule has 1 aromatic heterocycles. The van der Waals surface area contributed by atoms with Gasteiger partial charge in [-0.15, -0.1) is 0 Å². The van der Waals surface area contributed by atoms with E-state index in [0.717, 1.165) is 17.0 Å². The van der Waals surface area contributed by atoms with E-state index >= 15 is 0 Å². The maximum Gasteiger partial charge on any atom is 0.197 e. The molecule has 1 aromatic carbocycles. The summed E-state index contributed by atoms with van der Waals surface area (Å²) in [6, 6.07) is 9.53. The third-order valence-electron chi connectivity index (χ3n) is 1.95. The monoisotopic (exact) mass is 282 g/mol. The number of benzene rings is 1. The standard InChI is InChI=1S/C11H8BrClN2/c1-7-5-10(15-11(12)14-7)8-3-2-4-9(13)6-8/h2-6H,1H3. The Hall–Kier alpha value is -0.930. The number of aryl methyl sites for hydroxylation is 1. The fourth-order valence-electron chi connectivity index (χ4n) is 1.33. The molecule has 0 bridgehead atoms. The Balaban J connectivity index is 2.54. The van der Waals surface area contributed by atoms with E-state index in [1.54, 1.807) is 0 Å². The summed E-state index contributed by atoms with van der Waals surface area (Å²) in [5.74, 6) is 0. The minimum Gasteiger partial charge on any atom is -0.227 e. The van der Waals surface area contributed by atoms with Crippen molar-refractivity contribution < 1.29 is 0 Å². The van der Waals surface area contributed by atoms with Crippen LogP contribution < -0.4 is 0 Å². The summed E-state index contributed by atoms with van der Waals surface area (Å²) in [5.41, 5.74) is 2.79. The number of aromatic nitrogens is 2. The average molecular weight is 284 g/mol. The Bertz CT molecular complexity index is 479. The molecule has 2 rings (SSSR count). The predicted octanol–water partition coefficient (Wildman–Crippen LogP) is 3.87. The fourth-order valence-corrected chi connectivity index (χ4v) is 1.99. The van der Waals surface area contributed by atoms with E-state index in [1.807, 2.05) is 37.3 Å². The normalized spacial score (nSPS) is 10.3. The second kappa shape index (κ2) is 4.29. The lowest BCUT2D eigenvalue weighted by Gasteiger charge is -2.02. The van der Waals surface area contributed by atoms with Crippen molar-refractivity contribution in [3.63, 3.8) is 0 Å². The first-order valence-corrected chi connectivity index (χ1v) is 5.59. The van der Waals surface area contributed by atoms with Gasteiger partial charge in [-0.05, 0) is 41.1 Å². The predicted molar refractivity (Wildman–Crippen MR) is 64.9 cm³/mol. The molecule has 0 aliphatic heterocycles. The highest BCUT2D eigenvalue weighted by atomic mass is 79.9. The van der Waals surface area contributed by atoms with Gasteiger partial charge in [0.05, 0.1) is 5.69 Å². The molecule has 1 heterocycles. The molecule has 76 valence electrons. The summed E-state index contributed by atoms with van der Waals surface area (Å²) in [7, 11) is 0. The highest BCUT2D eigenvalue weighted by Gasteiger charge is 2.03. The van der Waals surface area contributed by atoms with E-state index in [0.29, 0.717) is 9.76 Å². The van der Waals surface area contributed by atoms with Gasteiger partial charge in [-0.2, -0.15) is 0 Å². The van der Waals surface area contributed by atoms with Crippen LogP contribution in [0.4, 0.5) is 0 Å². The van der Waals surface area contributed by atoms with Crippen LogP contribution in [0.25, 0.3) is 11.3 Å². The summed E-state index contributed by atoms with van der Waals surface area (Å²) in [4.78, 5) is 8.45. The second-order valence-electron chi connectivity index (χ2n) is 3.17. The van der Waals surface area contributed by atoms with Crippen molar-refractivity contribution in [2.75, 3.05) is 0 Å². The molecule has 15 heavy (non-hydrogen) atoms. The lowest BCUT2D eigenvalue weighted by molar-refractivity contribution is 1.06. The zero-order chi connectivity index (χ0) is 10.8. The van der Waals surface area contributed by atoms with Crippen molar-refractivity contribution in [3.8, 4) is 11.3 Å². The molecule has 0 unspecified atom stereocenters. The van der Waals surface area contributed by atoms with Gasteiger partial charge >= 0.3 is 0 Å². The quantitative estimate of drug-likeness (QED) is 0.743. The summed E-state index contributed by atoms with van der Waals surface area (Å²) in [5, 5.41) is 0.708. The zero-order valence-electron chi connectivity index (χ0n) is 8.04. The summed E-state index contributed by atoms with van der Waals surface area (Å²) in [6.07, 6.45) is 0. The van der Waals surface area contributed by atoms with Crippen molar-refractivity contribution in [1.29, 1.82) is 0 Å². The Morgan fingerprint density at radius 1 is 1.20 bits per heavy atom. The molecule has 4 heteroatoms. The van der Waals surface area contributed by atoms with Crippen molar-refractivity contribution in [2.45, 2.75) is 6.92 Å². The number of hydrogen-bond acceptors (Lipinski definition) is 2. The average Bonchev–Trinajstić information content (AvgIpc) is 2.16. The van der Waals surface area contributed by atoms with Gasteiger partial charge in [-0.1, -0.05) is 23.7 Å². The van der Waals surface area contributed by atoms with Gasteiger partial charge in [-0.25, -0.2) is 9.97 Å². The highest BCUT2D eigenvalue weighted by molar-refractivity contribution is 9.10. The van der Waals surface area contributed by atoms with E-state index in [1.165, 1.54) is 0 Å². The van der Waals surface area contributed by atoms with Crippen LogP contribution in [0.5, 0.6) is 0 Å². The molecule has 0 aliphatic rings. The third-order valence-corrected chi connectivity index (χ3v) is 2.54. The van der Waals surface area contributed by atoms with Crippen LogP contribution in [0.2, 0.25) is 5.02 Å². The van der Waals surface area contributed by atoms with Crippen molar-refractivity contribution in [2.24, 2.45) is 0 Å². The molecule has 0 fully saturated rings. The van der Waals surface area contributed by atoms with E-state index in [9.17, 15) is 0 Å². The van der Waals surface area contributed by atoms with Crippen LogP contribution in [-0.4, -0.2) is 9.97 Å². The van der Waals surface area contributed by atoms with Gasteiger partial charge in [0, 0.05) is 16.3 Å². The Labute approximate surface area is 101 Å². The Kier molecular flexibility index (Phi) is 3.03. The molecule has 2 nitrogen and oxygen atoms in total. The number of halogens is 2.